The second-order valence-corrected chi connectivity index (χ2v) is 14.2. The zero-order chi connectivity index (χ0) is 19.9. The summed E-state index contributed by atoms with van der Waals surface area (Å²) in [5.41, 5.74) is 0. The number of ketones is 1. The molecule has 148 valence electrons. The smallest absolute Gasteiger partial charge is 0.228 e. The van der Waals surface area contributed by atoms with Gasteiger partial charge >= 0.3 is 0 Å². The quantitative estimate of drug-likeness (QED) is 0.561. The van der Waals surface area contributed by atoms with Crippen LogP contribution in [-0.2, 0) is 18.8 Å². The third-order valence-corrected chi connectivity index (χ3v) is 10.5. The summed E-state index contributed by atoms with van der Waals surface area (Å²) in [6.07, 6.45) is 3.20. The first-order valence-corrected chi connectivity index (χ1v) is 12.6. The van der Waals surface area contributed by atoms with E-state index in [1.54, 1.807) is 0 Å². The lowest BCUT2D eigenvalue weighted by molar-refractivity contribution is -0.145. The fourth-order valence-electron chi connectivity index (χ4n) is 3.50. The maximum absolute atomic E-state index is 12.8. The minimum absolute atomic E-state index is 0.00473. The largest absolute Gasteiger partial charge is 0.488 e. The number of allylic oxidation sites excluding steroid dienone is 2. The minimum Gasteiger partial charge on any atom is -0.488 e. The molecule has 6 heteroatoms. The van der Waals surface area contributed by atoms with Gasteiger partial charge in [0.15, 0.2) is 14.1 Å². The molecule has 4 atom stereocenters. The molecule has 1 N–H and O–H groups in total. The van der Waals surface area contributed by atoms with Gasteiger partial charge in [0.2, 0.25) is 11.7 Å². The number of ether oxygens (including phenoxy) is 1. The number of rotatable bonds is 6. The summed E-state index contributed by atoms with van der Waals surface area (Å²) in [6.45, 7) is 16.8. The number of amides is 1. The first-order valence-electron chi connectivity index (χ1n) is 9.74. The molecule has 1 aliphatic heterocycles. The van der Waals surface area contributed by atoms with Gasteiger partial charge in [-0.3, -0.25) is 9.59 Å². The molecule has 26 heavy (non-hydrogen) atoms. The van der Waals surface area contributed by atoms with Crippen molar-refractivity contribution in [2.45, 2.75) is 90.8 Å². The highest BCUT2D eigenvalue weighted by Crippen LogP contribution is 2.40. The SMILES string of the molecule is CC(C)OC1=CCC[C@@H]([C@H]2NC(=O)[C@@H]2[C@@H](C)O[Si](C)(C)C(C)(C)C)C1=O. The summed E-state index contributed by atoms with van der Waals surface area (Å²) < 4.78 is 12.1. The topological polar surface area (TPSA) is 64.6 Å². The van der Waals surface area contributed by atoms with Crippen LogP contribution in [0.4, 0.5) is 0 Å². The lowest BCUT2D eigenvalue weighted by atomic mass is 9.73. The summed E-state index contributed by atoms with van der Waals surface area (Å²) in [6, 6.07) is -0.158. The fourth-order valence-corrected chi connectivity index (χ4v) is 4.93. The summed E-state index contributed by atoms with van der Waals surface area (Å²) in [7, 11) is -1.98. The zero-order valence-corrected chi connectivity index (χ0v) is 18.5. The third-order valence-electron chi connectivity index (χ3n) is 5.97. The van der Waals surface area contributed by atoms with E-state index in [0.717, 1.165) is 12.8 Å². The Balaban J connectivity index is 2.10. The summed E-state index contributed by atoms with van der Waals surface area (Å²) >= 11 is 0. The van der Waals surface area contributed by atoms with Crippen LogP contribution in [0.5, 0.6) is 0 Å². The van der Waals surface area contributed by atoms with Crippen molar-refractivity contribution in [2.24, 2.45) is 11.8 Å². The molecule has 0 aromatic heterocycles. The van der Waals surface area contributed by atoms with Gasteiger partial charge in [-0.1, -0.05) is 20.8 Å². The number of hydrogen-bond donors (Lipinski definition) is 1. The molecule has 1 fully saturated rings. The van der Waals surface area contributed by atoms with Crippen LogP contribution in [0.25, 0.3) is 0 Å². The molecule has 2 rings (SSSR count). The number of β-lactam (4-membered cyclic amide) rings is 1. The maximum Gasteiger partial charge on any atom is 0.228 e. The van der Waals surface area contributed by atoms with Crippen molar-refractivity contribution in [3.63, 3.8) is 0 Å². The van der Waals surface area contributed by atoms with Gasteiger partial charge in [-0.15, -0.1) is 0 Å². The average molecular weight is 382 g/mol. The van der Waals surface area contributed by atoms with Gasteiger partial charge in [0.25, 0.3) is 0 Å². The molecule has 0 aromatic carbocycles. The third kappa shape index (κ3) is 4.22. The Kier molecular flexibility index (Phi) is 6.08. The molecule has 1 heterocycles. The second-order valence-electron chi connectivity index (χ2n) is 9.43. The number of carbonyl (C=O) groups is 2. The predicted octanol–water partition coefficient (Wildman–Crippen LogP) is 3.80. The normalized spacial score (nSPS) is 28.3. The van der Waals surface area contributed by atoms with Crippen LogP contribution in [0, 0.1) is 11.8 Å². The number of Topliss-reactive ketones (excluding diaryl/α,β-unsaturated/α-hetero) is 1. The molecule has 0 bridgehead atoms. The van der Waals surface area contributed by atoms with Crippen molar-refractivity contribution in [3.8, 4) is 0 Å². The Morgan fingerprint density at radius 3 is 2.31 bits per heavy atom. The molecule has 5 nitrogen and oxygen atoms in total. The van der Waals surface area contributed by atoms with Gasteiger partial charge in [0.1, 0.15) is 0 Å². The Hall–Kier alpha value is -1.14. The van der Waals surface area contributed by atoms with E-state index in [2.05, 4.69) is 39.2 Å². The minimum atomic E-state index is -1.98. The number of hydrogen-bond acceptors (Lipinski definition) is 4. The van der Waals surface area contributed by atoms with Crippen LogP contribution in [0.2, 0.25) is 18.1 Å². The number of nitrogens with one attached hydrogen (secondary N) is 1. The maximum atomic E-state index is 12.8. The second kappa shape index (κ2) is 7.47. The summed E-state index contributed by atoms with van der Waals surface area (Å²) in [4.78, 5) is 25.1. The van der Waals surface area contributed by atoms with Crippen LogP contribution < -0.4 is 5.32 Å². The molecule has 2 aliphatic rings. The predicted molar refractivity (Wildman–Crippen MR) is 105 cm³/mol. The summed E-state index contributed by atoms with van der Waals surface area (Å²) in [5, 5.41) is 3.05. The Morgan fingerprint density at radius 2 is 1.81 bits per heavy atom. The van der Waals surface area contributed by atoms with E-state index in [1.807, 2.05) is 26.8 Å². The van der Waals surface area contributed by atoms with Gasteiger partial charge in [0, 0.05) is 5.92 Å². The van der Waals surface area contributed by atoms with Crippen LogP contribution in [0.15, 0.2) is 11.8 Å². The van der Waals surface area contributed by atoms with E-state index in [0.29, 0.717) is 5.76 Å². The Labute approximate surface area is 159 Å². The molecule has 0 spiro atoms. The molecular weight excluding hydrogens is 346 g/mol. The Bertz CT molecular complexity index is 591. The molecule has 0 unspecified atom stereocenters. The summed E-state index contributed by atoms with van der Waals surface area (Å²) in [5.74, 6) is -0.0260. The van der Waals surface area contributed by atoms with E-state index in [-0.39, 0.29) is 46.8 Å². The van der Waals surface area contributed by atoms with E-state index < -0.39 is 8.32 Å². The van der Waals surface area contributed by atoms with E-state index in [4.69, 9.17) is 9.16 Å². The van der Waals surface area contributed by atoms with Crippen molar-refractivity contribution in [1.29, 1.82) is 0 Å². The van der Waals surface area contributed by atoms with Gasteiger partial charge in [0.05, 0.1) is 24.2 Å². The first-order chi connectivity index (χ1) is 11.8. The molecule has 1 saturated heterocycles. The van der Waals surface area contributed by atoms with Crippen molar-refractivity contribution in [2.75, 3.05) is 0 Å². The molecule has 1 aliphatic carbocycles. The van der Waals surface area contributed by atoms with Crippen LogP contribution in [-0.4, -0.2) is 38.3 Å². The zero-order valence-electron chi connectivity index (χ0n) is 17.5. The van der Waals surface area contributed by atoms with Gasteiger partial charge in [-0.05, 0) is 57.8 Å². The molecule has 0 aromatic rings. The standard InChI is InChI=1S/C20H35NO4Si/c1-12(2)24-15-11-9-10-14(18(15)22)17-16(19(23)21-17)13(3)25-26(7,8)20(4,5)6/h11-14,16-17H,9-10H2,1-8H3,(H,21,23)/t13-,14+,16-,17-/m1/s1. The Morgan fingerprint density at radius 1 is 1.19 bits per heavy atom. The van der Waals surface area contributed by atoms with Crippen molar-refractivity contribution >= 4 is 20.0 Å². The molecule has 0 saturated carbocycles. The van der Waals surface area contributed by atoms with Crippen LogP contribution in [0.1, 0.15) is 54.4 Å². The van der Waals surface area contributed by atoms with Gasteiger partial charge < -0.3 is 14.5 Å². The van der Waals surface area contributed by atoms with Gasteiger partial charge in [-0.2, -0.15) is 0 Å². The average Bonchev–Trinajstić information content (AvgIpc) is 2.45. The highest BCUT2D eigenvalue weighted by molar-refractivity contribution is 6.74. The van der Waals surface area contributed by atoms with E-state index in [1.165, 1.54) is 0 Å². The van der Waals surface area contributed by atoms with Gasteiger partial charge in [-0.25, -0.2) is 0 Å². The lowest BCUT2D eigenvalue weighted by Crippen LogP contribution is -2.67. The highest BCUT2D eigenvalue weighted by Gasteiger charge is 2.52. The van der Waals surface area contributed by atoms with E-state index in [9.17, 15) is 9.59 Å². The molecule has 1 amide bonds. The lowest BCUT2D eigenvalue weighted by Gasteiger charge is -2.47. The number of carbonyl (C=O) groups excluding carboxylic acids is 2. The van der Waals surface area contributed by atoms with Crippen LogP contribution in [0.3, 0.4) is 0 Å². The first kappa shape index (κ1) is 21.2. The van der Waals surface area contributed by atoms with E-state index >= 15 is 0 Å². The van der Waals surface area contributed by atoms with Crippen molar-refractivity contribution in [3.05, 3.63) is 11.8 Å². The molecule has 0 radical (unpaired) electrons. The fraction of sp³-hybridized carbons (Fsp3) is 0.800. The highest BCUT2D eigenvalue weighted by atomic mass is 28.4. The van der Waals surface area contributed by atoms with Crippen molar-refractivity contribution < 1.29 is 18.8 Å². The van der Waals surface area contributed by atoms with Crippen LogP contribution >= 0.6 is 0 Å². The monoisotopic (exact) mass is 381 g/mol. The molecular formula is C20H35NO4Si. The van der Waals surface area contributed by atoms with Crippen molar-refractivity contribution in [1.82, 2.24) is 5.32 Å².